The van der Waals surface area contributed by atoms with Gasteiger partial charge in [0.05, 0.1) is 10.6 Å². The van der Waals surface area contributed by atoms with E-state index in [4.69, 9.17) is 31.4 Å². The lowest BCUT2D eigenvalue weighted by Gasteiger charge is -2.21. The number of fused-ring (bicyclic) bond motifs is 2. The molecule has 3 aromatic carbocycles. The molecule has 0 aliphatic rings. The number of anilines is 1. The first-order valence-electron chi connectivity index (χ1n) is 10.8. The molecule has 4 rings (SSSR count). The Morgan fingerprint density at radius 1 is 0.917 bits per heavy atom. The molecule has 0 amide bonds. The first kappa shape index (κ1) is 27.0. The van der Waals surface area contributed by atoms with Gasteiger partial charge in [0.1, 0.15) is 0 Å². The van der Waals surface area contributed by atoms with E-state index in [1.54, 1.807) is 37.4 Å². The van der Waals surface area contributed by atoms with Crippen LogP contribution in [0.2, 0.25) is 5.02 Å². The zero-order chi connectivity index (χ0) is 26.6. The van der Waals surface area contributed by atoms with Crippen molar-refractivity contribution in [3.8, 4) is 0 Å². The minimum Gasteiger partial charge on any atom is -0.473 e. The Bertz CT molecular complexity index is 1520. The standard InChI is InChI=1S/C23H24ClN3O2S.C2H2O4/c1-26(2)13-12-16-15-25-22-11-10-17(14-20(16)22)27(3)30(28,29)23-9-5-6-18-19(23)7-4-8-21(18)24;3-1(4)2(5)6/h4-11,14-15,25H,12-13H2,1-3H3;(H,3,4)(H,5,6). The van der Waals surface area contributed by atoms with Crippen molar-refractivity contribution in [2.24, 2.45) is 0 Å². The van der Waals surface area contributed by atoms with E-state index in [1.165, 1.54) is 9.87 Å². The van der Waals surface area contributed by atoms with Crippen LogP contribution in [0.25, 0.3) is 21.7 Å². The number of hydrogen-bond acceptors (Lipinski definition) is 5. The third-order valence-electron chi connectivity index (χ3n) is 5.59. The summed E-state index contributed by atoms with van der Waals surface area (Å²) in [6.07, 6.45) is 2.88. The Hall–Kier alpha value is -3.60. The maximum atomic E-state index is 13.5. The van der Waals surface area contributed by atoms with Gasteiger partial charge in [0.25, 0.3) is 10.0 Å². The van der Waals surface area contributed by atoms with Gasteiger partial charge in [-0.15, -0.1) is 0 Å². The molecule has 0 saturated heterocycles. The van der Waals surface area contributed by atoms with Gasteiger partial charge in [-0.05, 0) is 56.4 Å². The predicted octanol–water partition coefficient (Wildman–Crippen LogP) is 4.06. The van der Waals surface area contributed by atoms with E-state index >= 15 is 0 Å². The van der Waals surface area contributed by atoms with E-state index in [1.807, 2.05) is 44.6 Å². The summed E-state index contributed by atoms with van der Waals surface area (Å²) in [7, 11) is 1.90. The second-order valence-electron chi connectivity index (χ2n) is 8.27. The Labute approximate surface area is 213 Å². The molecular formula is C25H26ClN3O6S. The normalized spacial score (nSPS) is 11.4. The lowest BCUT2D eigenvalue weighted by Crippen LogP contribution is -2.26. The number of hydrogen-bond donors (Lipinski definition) is 3. The number of carbonyl (C=O) groups is 2. The summed E-state index contributed by atoms with van der Waals surface area (Å²) >= 11 is 6.28. The van der Waals surface area contributed by atoms with Gasteiger partial charge in [-0.3, -0.25) is 4.31 Å². The molecule has 11 heteroatoms. The monoisotopic (exact) mass is 531 g/mol. The summed E-state index contributed by atoms with van der Waals surface area (Å²) in [6.45, 7) is 0.919. The molecule has 190 valence electrons. The lowest BCUT2D eigenvalue weighted by molar-refractivity contribution is -0.159. The number of nitrogens with zero attached hydrogens (tertiary/aromatic N) is 2. The van der Waals surface area contributed by atoms with Gasteiger partial charge in [-0.2, -0.15) is 0 Å². The zero-order valence-corrected chi connectivity index (χ0v) is 21.5. The average molecular weight is 532 g/mol. The number of nitrogens with one attached hydrogen (secondary N) is 1. The maximum absolute atomic E-state index is 13.5. The molecule has 9 nitrogen and oxygen atoms in total. The molecule has 1 heterocycles. The van der Waals surface area contributed by atoms with Gasteiger partial charge in [-0.25, -0.2) is 18.0 Å². The molecule has 1 aromatic heterocycles. The highest BCUT2D eigenvalue weighted by molar-refractivity contribution is 7.93. The Balaban J connectivity index is 0.000000538. The topological polar surface area (TPSA) is 131 Å². The van der Waals surface area contributed by atoms with Crippen molar-refractivity contribution in [3.63, 3.8) is 0 Å². The van der Waals surface area contributed by atoms with Crippen molar-refractivity contribution in [3.05, 3.63) is 71.4 Å². The summed E-state index contributed by atoms with van der Waals surface area (Å²) in [5, 5.41) is 17.7. The van der Waals surface area contributed by atoms with Gasteiger partial charge in [0, 0.05) is 46.5 Å². The summed E-state index contributed by atoms with van der Waals surface area (Å²) in [4.78, 5) is 23.8. The zero-order valence-electron chi connectivity index (χ0n) is 19.9. The van der Waals surface area contributed by atoms with Gasteiger partial charge in [0.2, 0.25) is 0 Å². The summed E-state index contributed by atoms with van der Waals surface area (Å²) in [5.41, 5.74) is 2.78. The number of aromatic nitrogens is 1. The lowest BCUT2D eigenvalue weighted by atomic mass is 10.1. The number of aliphatic carboxylic acids is 2. The highest BCUT2D eigenvalue weighted by Crippen LogP contribution is 2.33. The van der Waals surface area contributed by atoms with Gasteiger partial charge < -0.3 is 20.1 Å². The fraction of sp³-hybridized carbons (Fsp3) is 0.200. The Morgan fingerprint density at radius 2 is 1.56 bits per heavy atom. The van der Waals surface area contributed by atoms with Crippen LogP contribution in [0, 0.1) is 0 Å². The average Bonchev–Trinajstić information content (AvgIpc) is 3.24. The summed E-state index contributed by atoms with van der Waals surface area (Å²) in [6, 6.07) is 16.2. The fourth-order valence-electron chi connectivity index (χ4n) is 3.67. The van der Waals surface area contributed by atoms with Crippen molar-refractivity contribution < 1.29 is 28.2 Å². The van der Waals surface area contributed by atoms with Crippen LogP contribution in [0.1, 0.15) is 5.56 Å². The van der Waals surface area contributed by atoms with Crippen molar-refractivity contribution >= 4 is 60.9 Å². The fourth-order valence-corrected chi connectivity index (χ4v) is 5.30. The van der Waals surface area contributed by atoms with E-state index < -0.39 is 22.0 Å². The SMILES string of the molecule is CN(C)CCc1c[nH]c2ccc(N(C)S(=O)(=O)c3cccc4c(Cl)cccc34)cc12.O=C(O)C(=O)O. The van der Waals surface area contributed by atoms with E-state index in [0.717, 1.165) is 29.3 Å². The van der Waals surface area contributed by atoms with Crippen molar-refractivity contribution in [1.82, 2.24) is 9.88 Å². The van der Waals surface area contributed by atoms with Crippen LogP contribution in [0.4, 0.5) is 5.69 Å². The highest BCUT2D eigenvalue weighted by atomic mass is 35.5. The first-order valence-corrected chi connectivity index (χ1v) is 12.6. The third-order valence-corrected chi connectivity index (χ3v) is 7.77. The number of carboxylic acids is 2. The molecule has 4 aromatic rings. The molecule has 0 unspecified atom stereocenters. The molecule has 0 spiro atoms. The molecule has 0 aliphatic carbocycles. The number of rotatable bonds is 6. The number of carboxylic acid groups (broad SMARTS) is 2. The highest BCUT2D eigenvalue weighted by Gasteiger charge is 2.24. The molecule has 0 bridgehead atoms. The minimum atomic E-state index is -3.77. The number of likely N-dealkylation sites (N-methyl/N-ethyl adjacent to an activating group) is 1. The van der Waals surface area contributed by atoms with Crippen molar-refractivity contribution in [2.75, 3.05) is 32.0 Å². The van der Waals surface area contributed by atoms with Crippen LogP contribution in [-0.2, 0) is 26.0 Å². The number of sulfonamides is 1. The first-order chi connectivity index (χ1) is 16.9. The number of H-pyrrole nitrogens is 1. The predicted molar refractivity (Wildman–Crippen MR) is 140 cm³/mol. The third kappa shape index (κ3) is 5.78. The molecule has 36 heavy (non-hydrogen) atoms. The molecule has 0 saturated carbocycles. The van der Waals surface area contributed by atoms with Crippen LogP contribution in [0.5, 0.6) is 0 Å². The van der Waals surface area contributed by atoms with Crippen LogP contribution < -0.4 is 4.31 Å². The van der Waals surface area contributed by atoms with Crippen LogP contribution in [-0.4, -0.2) is 68.1 Å². The smallest absolute Gasteiger partial charge is 0.414 e. The van der Waals surface area contributed by atoms with E-state index in [9.17, 15) is 8.42 Å². The van der Waals surface area contributed by atoms with Crippen molar-refractivity contribution in [2.45, 2.75) is 11.3 Å². The van der Waals surface area contributed by atoms with Crippen LogP contribution >= 0.6 is 11.6 Å². The van der Waals surface area contributed by atoms with Crippen molar-refractivity contribution in [1.29, 1.82) is 0 Å². The van der Waals surface area contributed by atoms with E-state index in [2.05, 4.69) is 9.88 Å². The van der Waals surface area contributed by atoms with Gasteiger partial charge in [-0.1, -0.05) is 35.9 Å². The maximum Gasteiger partial charge on any atom is 0.414 e. The molecule has 0 fully saturated rings. The molecule has 3 N–H and O–H groups in total. The molecular weight excluding hydrogens is 506 g/mol. The van der Waals surface area contributed by atoms with Crippen LogP contribution in [0.3, 0.4) is 0 Å². The second-order valence-corrected chi connectivity index (χ2v) is 10.6. The van der Waals surface area contributed by atoms with Crippen LogP contribution in [0.15, 0.2) is 65.7 Å². The Kier molecular flexibility index (Phi) is 8.24. The molecule has 0 aliphatic heterocycles. The largest absolute Gasteiger partial charge is 0.473 e. The van der Waals surface area contributed by atoms with Gasteiger partial charge in [0.15, 0.2) is 0 Å². The van der Waals surface area contributed by atoms with E-state index in [-0.39, 0.29) is 4.90 Å². The van der Waals surface area contributed by atoms with Gasteiger partial charge >= 0.3 is 11.9 Å². The minimum absolute atomic E-state index is 0.243. The molecule has 0 atom stereocenters. The number of benzene rings is 3. The quantitative estimate of drug-likeness (QED) is 0.320. The Morgan fingerprint density at radius 3 is 2.19 bits per heavy atom. The summed E-state index contributed by atoms with van der Waals surface area (Å²) < 4.78 is 28.3. The number of aromatic amines is 1. The second kappa shape index (κ2) is 11.0. The number of halogens is 1. The summed E-state index contributed by atoms with van der Waals surface area (Å²) in [5.74, 6) is -3.65. The molecule has 0 radical (unpaired) electrons. The van der Waals surface area contributed by atoms with E-state index in [0.29, 0.717) is 16.1 Å².